The van der Waals surface area contributed by atoms with Crippen molar-refractivity contribution in [2.24, 2.45) is 4.99 Å². The van der Waals surface area contributed by atoms with Gasteiger partial charge in [0, 0.05) is 25.3 Å². The fourth-order valence-electron chi connectivity index (χ4n) is 4.91. The maximum atomic E-state index is 9.39. The quantitative estimate of drug-likeness (QED) is 0.582. The summed E-state index contributed by atoms with van der Waals surface area (Å²) in [5.74, 6) is 1.65. The fraction of sp³-hybridized carbons (Fsp3) is 0.360. The summed E-state index contributed by atoms with van der Waals surface area (Å²) >= 11 is 0. The van der Waals surface area contributed by atoms with Crippen molar-refractivity contribution in [3.63, 3.8) is 0 Å². The summed E-state index contributed by atoms with van der Waals surface area (Å²) in [7, 11) is 0. The first-order valence-electron chi connectivity index (χ1n) is 11.0. The highest BCUT2D eigenvalue weighted by atomic mass is 15.5. The van der Waals surface area contributed by atoms with Gasteiger partial charge in [0.1, 0.15) is 5.82 Å². The Hall–Kier alpha value is -3.66. The third-order valence-corrected chi connectivity index (χ3v) is 6.85. The van der Waals surface area contributed by atoms with Crippen LogP contribution in [0.4, 0.5) is 11.5 Å². The van der Waals surface area contributed by atoms with Gasteiger partial charge in [0.05, 0.1) is 29.3 Å². The molecule has 0 amide bonds. The SMILES string of the molecule is Cc1cc2ncc(N3CCN4/C(=N\C#N)N(c5ccccc5C)C(C)C4C3)nc2cc1C. The Morgan fingerprint density at radius 2 is 1.78 bits per heavy atom. The van der Waals surface area contributed by atoms with Crippen molar-refractivity contribution in [2.75, 3.05) is 29.4 Å². The number of guanidine groups is 1. The average molecular weight is 426 g/mol. The summed E-state index contributed by atoms with van der Waals surface area (Å²) in [5.41, 5.74) is 6.59. The Bertz CT molecular complexity index is 1260. The smallest absolute Gasteiger partial charge is 0.217 e. The lowest BCUT2D eigenvalue weighted by atomic mass is 10.1. The van der Waals surface area contributed by atoms with E-state index >= 15 is 0 Å². The largest absolute Gasteiger partial charge is 0.351 e. The van der Waals surface area contributed by atoms with Gasteiger partial charge < -0.3 is 14.7 Å². The van der Waals surface area contributed by atoms with Crippen molar-refractivity contribution in [3.8, 4) is 6.19 Å². The highest BCUT2D eigenvalue weighted by molar-refractivity contribution is 6.00. The Kier molecular flexibility index (Phi) is 4.93. The maximum Gasteiger partial charge on any atom is 0.217 e. The topological polar surface area (TPSA) is 71.7 Å². The van der Waals surface area contributed by atoms with E-state index in [-0.39, 0.29) is 12.1 Å². The van der Waals surface area contributed by atoms with Gasteiger partial charge in [-0.15, -0.1) is 4.99 Å². The number of para-hydroxylation sites is 1. The second-order valence-corrected chi connectivity index (χ2v) is 8.77. The van der Waals surface area contributed by atoms with Gasteiger partial charge in [-0.2, -0.15) is 5.26 Å². The molecular weight excluding hydrogens is 398 g/mol. The Labute approximate surface area is 188 Å². The minimum atomic E-state index is 0.171. The number of aliphatic imine (C=N–C) groups is 1. The number of benzene rings is 2. The molecule has 7 heteroatoms. The second kappa shape index (κ2) is 7.79. The van der Waals surface area contributed by atoms with Gasteiger partial charge in [0.2, 0.25) is 12.2 Å². The minimum Gasteiger partial charge on any atom is -0.351 e. The molecule has 2 aromatic carbocycles. The molecule has 1 aromatic heterocycles. The van der Waals surface area contributed by atoms with Crippen molar-refractivity contribution in [3.05, 3.63) is 59.3 Å². The molecule has 7 nitrogen and oxygen atoms in total. The standard InChI is InChI=1S/C25H27N7/c1-16-7-5-6-8-22(16)32-19(4)23-14-30(9-10-31(23)25(32)28-15-26)24-13-27-20-11-17(2)18(3)12-21(20)29-24/h5-8,11-13,19,23H,9-10,14H2,1-4H3/b28-25+. The zero-order valence-corrected chi connectivity index (χ0v) is 18.9. The minimum absolute atomic E-state index is 0.171. The molecular formula is C25H27N7. The van der Waals surface area contributed by atoms with E-state index in [1.807, 2.05) is 24.5 Å². The number of nitrogens with zero attached hydrogens (tertiary/aromatic N) is 7. The lowest BCUT2D eigenvalue weighted by Gasteiger charge is -2.38. The number of rotatable bonds is 2. The summed E-state index contributed by atoms with van der Waals surface area (Å²) in [6.07, 6.45) is 3.91. The van der Waals surface area contributed by atoms with Crippen LogP contribution in [0.15, 0.2) is 47.6 Å². The zero-order valence-electron chi connectivity index (χ0n) is 18.9. The normalized spacial score (nSPS) is 21.8. The fourth-order valence-corrected chi connectivity index (χ4v) is 4.91. The predicted molar refractivity (Wildman–Crippen MR) is 128 cm³/mol. The molecule has 2 aliphatic heterocycles. The Morgan fingerprint density at radius 3 is 2.53 bits per heavy atom. The molecule has 2 saturated heterocycles. The summed E-state index contributed by atoms with van der Waals surface area (Å²) in [6.45, 7) is 10.9. The molecule has 0 bridgehead atoms. The van der Waals surface area contributed by atoms with E-state index < -0.39 is 0 Å². The van der Waals surface area contributed by atoms with E-state index in [0.717, 1.165) is 48.1 Å². The second-order valence-electron chi connectivity index (χ2n) is 8.77. The third-order valence-electron chi connectivity index (χ3n) is 6.85. The molecule has 2 fully saturated rings. The van der Waals surface area contributed by atoms with Crippen molar-refractivity contribution in [1.29, 1.82) is 5.26 Å². The van der Waals surface area contributed by atoms with E-state index in [4.69, 9.17) is 4.98 Å². The molecule has 2 atom stereocenters. The number of fused-ring (bicyclic) bond motifs is 2. The van der Waals surface area contributed by atoms with Crippen molar-refractivity contribution in [1.82, 2.24) is 14.9 Å². The highest BCUT2D eigenvalue weighted by Gasteiger charge is 2.45. The van der Waals surface area contributed by atoms with Gasteiger partial charge in [-0.3, -0.25) is 4.98 Å². The lowest BCUT2D eigenvalue weighted by molar-refractivity contribution is 0.288. The molecule has 0 N–H and O–H groups in total. The van der Waals surface area contributed by atoms with Crippen LogP contribution in [0.2, 0.25) is 0 Å². The third kappa shape index (κ3) is 3.23. The number of anilines is 2. The first kappa shape index (κ1) is 20.3. The summed E-state index contributed by atoms with van der Waals surface area (Å²) < 4.78 is 0. The highest BCUT2D eigenvalue weighted by Crippen LogP contribution is 2.34. The number of piperazine rings is 1. The molecule has 5 rings (SSSR count). The Morgan fingerprint density at radius 1 is 1.03 bits per heavy atom. The number of hydrogen-bond acceptors (Lipinski definition) is 5. The molecule has 0 saturated carbocycles. The molecule has 0 spiro atoms. The van der Waals surface area contributed by atoms with Gasteiger partial charge in [-0.05, 0) is 62.6 Å². The molecule has 3 heterocycles. The van der Waals surface area contributed by atoms with Crippen LogP contribution >= 0.6 is 0 Å². The predicted octanol–water partition coefficient (Wildman–Crippen LogP) is 3.79. The van der Waals surface area contributed by atoms with Gasteiger partial charge in [-0.25, -0.2) is 4.98 Å². The van der Waals surface area contributed by atoms with Crippen LogP contribution in [0.5, 0.6) is 0 Å². The molecule has 2 unspecified atom stereocenters. The zero-order chi connectivity index (χ0) is 22.4. The number of aryl methyl sites for hydroxylation is 3. The van der Waals surface area contributed by atoms with Crippen molar-refractivity contribution in [2.45, 2.75) is 39.8 Å². The van der Waals surface area contributed by atoms with E-state index in [2.05, 4.69) is 76.6 Å². The van der Waals surface area contributed by atoms with Gasteiger partial charge >= 0.3 is 0 Å². The van der Waals surface area contributed by atoms with Gasteiger partial charge in [-0.1, -0.05) is 18.2 Å². The first-order chi connectivity index (χ1) is 15.5. The Balaban J connectivity index is 1.47. The van der Waals surface area contributed by atoms with Crippen molar-refractivity contribution >= 4 is 28.5 Å². The molecule has 0 radical (unpaired) electrons. The van der Waals surface area contributed by atoms with Crippen LogP contribution in [0.3, 0.4) is 0 Å². The first-order valence-corrected chi connectivity index (χ1v) is 11.0. The molecule has 2 aliphatic rings. The van der Waals surface area contributed by atoms with Crippen LogP contribution < -0.4 is 9.80 Å². The van der Waals surface area contributed by atoms with Crippen LogP contribution in [-0.2, 0) is 0 Å². The summed E-state index contributed by atoms with van der Waals surface area (Å²) in [6, 6.07) is 12.9. The van der Waals surface area contributed by atoms with Gasteiger partial charge in [0.25, 0.3) is 0 Å². The van der Waals surface area contributed by atoms with Crippen LogP contribution in [0, 0.1) is 32.2 Å². The van der Waals surface area contributed by atoms with E-state index in [1.165, 1.54) is 16.7 Å². The summed E-state index contributed by atoms with van der Waals surface area (Å²) in [5, 5.41) is 9.39. The average Bonchev–Trinajstić information content (AvgIpc) is 3.06. The summed E-state index contributed by atoms with van der Waals surface area (Å²) in [4.78, 5) is 20.7. The lowest BCUT2D eigenvalue weighted by Crippen LogP contribution is -2.54. The molecule has 0 aliphatic carbocycles. The molecule has 162 valence electrons. The number of aromatic nitrogens is 2. The van der Waals surface area contributed by atoms with Crippen LogP contribution in [0.1, 0.15) is 23.6 Å². The van der Waals surface area contributed by atoms with E-state index in [1.54, 1.807) is 0 Å². The monoisotopic (exact) mass is 425 g/mol. The number of hydrogen-bond donors (Lipinski definition) is 0. The molecule has 3 aromatic rings. The van der Waals surface area contributed by atoms with E-state index in [0.29, 0.717) is 0 Å². The van der Waals surface area contributed by atoms with Gasteiger partial charge in [0.15, 0.2) is 0 Å². The molecule has 32 heavy (non-hydrogen) atoms. The van der Waals surface area contributed by atoms with Crippen LogP contribution in [0.25, 0.3) is 11.0 Å². The van der Waals surface area contributed by atoms with Crippen LogP contribution in [-0.4, -0.2) is 52.5 Å². The number of nitriles is 1. The van der Waals surface area contributed by atoms with E-state index in [9.17, 15) is 5.26 Å². The maximum absolute atomic E-state index is 9.39. The van der Waals surface area contributed by atoms with Crippen molar-refractivity contribution < 1.29 is 0 Å².